The van der Waals surface area contributed by atoms with Crippen molar-refractivity contribution >= 4 is 12.9 Å². The molecule has 1 N–H and O–H groups in total. The molecule has 0 radical (unpaired) electrons. The zero-order valence-electron chi connectivity index (χ0n) is 7.92. The van der Waals surface area contributed by atoms with Crippen molar-refractivity contribution in [1.29, 1.82) is 0 Å². The lowest BCUT2D eigenvalue weighted by Crippen LogP contribution is -2.45. The summed E-state index contributed by atoms with van der Waals surface area (Å²) in [5.74, 6) is 0. The van der Waals surface area contributed by atoms with Crippen LogP contribution in [-0.2, 0) is 4.18 Å². The summed E-state index contributed by atoms with van der Waals surface area (Å²) in [6.07, 6.45) is 5.28. The monoisotopic (exact) mass is 189 g/mol. The molecule has 1 aliphatic rings. The van der Waals surface area contributed by atoms with E-state index in [1.165, 1.54) is 19.3 Å². The van der Waals surface area contributed by atoms with E-state index in [9.17, 15) is 0 Å². The third-order valence-electron chi connectivity index (χ3n) is 2.39. The lowest BCUT2D eigenvalue weighted by Gasteiger charge is -2.31. The van der Waals surface area contributed by atoms with Gasteiger partial charge in [-0.05, 0) is 25.8 Å². The number of rotatable bonds is 3. The predicted molar refractivity (Wildman–Crippen MR) is 54.4 cm³/mol. The summed E-state index contributed by atoms with van der Waals surface area (Å²) in [6.45, 7) is 4.34. The Morgan fingerprint density at radius 2 is 2.00 bits per heavy atom. The Hall–Kier alpha value is 0.270. The second kappa shape index (κ2) is 5.10. The molecule has 0 spiro atoms. The van der Waals surface area contributed by atoms with Gasteiger partial charge in [0.1, 0.15) is 0 Å². The molecule has 0 aromatic heterocycles. The molecule has 1 rings (SSSR count). The maximum Gasteiger partial charge on any atom is 0.0871 e. The highest BCUT2D eigenvalue weighted by atomic mass is 32.1. The summed E-state index contributed by atoms with van der Waals surface area (Å²) in [6, 6.07) is 1.05. The smallest absolute Gasteiger partial charge is 0.0871 e. The van der Waals surface area contributed by atoms with E-state index >= 15 is 0 Å². The molecular weight excluding hydrogens is 170 g/mol. The largest absolute Gasteiger partial charge is 0.314 e. The molecule has 0 amide bonds. The third kappa shape index (κ3) is 2.96. The number of hydrogen-bond acceptors (Lipinski definition) is 3. The molecule has 3 heteroatoms. The SMILES string of the molecule is CC(C)N[C@@H]1CCCC[C@H]1OS. The van der Waals surface area contributed by atoms with Crippen molar-refractivity contribution in [2.24, 2.45) is 0 Å². The van der Waals surface area contributed by atoms with E-state index < -0.39 is 0 Å². The zero-order chi connectivity index (χ0) is 8.97. The van der Waals surface area contributed by atoms with Gasteiger partial charge in [-0.1, -0.05) is 26.7 Å². The first-order valence-corrected chi connectivity index (χ1v) is 5.17. The van der Waals surface area contributed by atoms with E-state index in [-0.39, 0.29) is 0 Å². The van der Waals surface area contributed by atoms with E-state index in [0.717, 1.165) is 6.42 Å². The van der Waals surface area contributed by atoms with Gasteiger partial charge < -0.3 is 9.50 Å². The normalized spacial score (nSPS) is 31.0. The summed E-state index contributed by atoms with van der Waals surface area (Å²) >= 11 is 3.91. The summed E-state index contributed by atoms with van der Waals surface area (Å²) < 4.78 is 5.14. The molecule has 2 nitrogen and oxygen atoms in total. The minimum absolute atomic E-state index is 0.310. The third-order valence-corrected chi connectivity index (χ3v) is 2.66. The molecule has 72 valence electrons. The topological polar surface area (TPSA) is 21.3 Å². The van der Waals surface area contributed by atoms with Crippen LogP contribution in [0.1, 0.15) is 39.5 Å². The first-order valence-electron chi connectivity index (χ1n) is 4.80. The van der Waals surface area contributed by atoms with Crippen molar-refractivity contribution in [2.75, 3.05) is 0 Å². The van der Waals surface area contributed by atoms with Gasteiger partial charge >= 0.3 is 0 Å². The summed E-state index contributed by atoms with van der Waals surface area (Å²) in [5, 5.41) is 3.51. The highest BCUT2D eigenvalue weighted by molar-refractivity contribution is 7.75. The highest BCUT2D eigenvalue weighted by Crippen LogP contribution is 2.22. The fraction of sp³-hybridized carbons (Fsp3) is 1.00. The van der Waals surface area contributed by atoms with Crippen LogP contribution in [0.25, 0.3) is 0 Å². The van der Waals surface area contributed by atoms with Crippen molar-refractivity contribution in [3.8, 4) is 0 Å². The molecule has 0 bridgehead atoms. The van der Waals surface area contributed by atoms with Gasteiger partial charge in [-0.15, -0.1) is 0 Å². The molecule has 1 saturated carbocycles. The number of hydrogen-bond donors (Lipinski definition) is 2. The maximum atomic E-state index is 5.14. The van der Waals surface area contributed by atoms with Crippen LogP contribution in [0, 0.1) is 0 Å². The standard InChI is InChI=1S/C9H19NOS/c1-7(2)10-8-5-3-4-6-9(8)11-12/h7-10,12H,3-6H2,1-2H3/t8-,9-/m1/s1. The second-order valence-corrected chi connectivity index (χ2v) is 4.07. The molecule has 0 unspecified atom stereocenters. The molecule has 0 aromatic carbocycles. The van der Waals surface area contributed by atoms with Crippen LogP contribution in [0.15, 0.2) is 0 Å². The number of nitrogens with one attached hydrogen (secondary N) is 1. The van der Waals surface area contributed by atoms with E-state index in [1.807, 2.05) is 0 Å². The maximum absolute atomic E-state index is 5.14. The molecule has 0 heterocycles. The Balaban J connectivity index is 2.36. The number of thiol groups is 1. The van der Waals surface area contributed by atoms with Gasteiger partial charge in [0.05, 0.1) is 6.10 Å². The Morgan fingerprint density at radius 1 is 1.33 bits per heavy atom. The molecular formula is C9H19NOS. The van der Waals surface area contributed by atoms with Crippen LogP contribution in [0.2, 0.25) is 0 Å². The van der Waals surface area contributed by atoms with Crippen LogP contribution in [0.5, 0.6) is 0 Å². The summed E-state index contributed by atoms with van der Waals surface area (Å²) in [7, 11) is 0. The molecule has 12 heavy (non-hydrogen) atoms. The van der Waals surface area contributed by atoms with Gasteiger partial charge in [0.15, 0.2) is 0 Å². The zero-order valence-corrected chi connectivity index (χ0v) is 8.81. The minimum atomic E-state index is 0.310. The minimum Gasteiger partial charge on any atom is -0.314 e. The van der Waals surface area contributed by atoms with Gasteiger partial charge in [-0.25, -0.2) is 0 Å². The fourth-order valence-corrected chi connectivity index (χ4v) is 2.09. The van der Waals surface area contributed by atoms with Crippen LogP contribution < -0.4 is 5.32 Å². The van der Waals surface area contributed by atoms with Crippen molar-refractivity contribution in [3.63, 3.8) is 0 Å². The Bertz CT molecular complexity index is 130. The van der Waals surface area contributed by atoms with Gasteiger partial charge in [-0.3, -0.25) is 0 Å². The van der Waals surface area contributed by atoms with Crippen molar-refractivity contribution in [2.45, 2.75) is 57.7 Å². The van der Waals surface area contributed by atoms with Gasteiger partial charge in [0, 0.05) is 12.1 Å². The highest BCUT2D eigenvalue weighted by Gasteiger charge is 2.25. The van der Waals surface area contributed by atoms with Crippen LogP contribution in [0.3, 0.4) is 0 Å². The van der Waals surface area contributed by atoms with E-state index in [0.29, 0.717) is 18.2 Å². The van der Waals surface area contributed by atoms with Crippen molar-refractivity contribution < 1.29 is 4.18 Å². The Labute approximate surface area is 80.7 Å². The van der Waals surface area contributed by atoms with Crippen LogP contribution >= 0.6 is 12.9 Å². The van der Waals surface area contributed by atoms with E-state index in [1.54, 1.807) is 0 Å². The van der Waals surface area contributed by atoms with E-state index in [2.05, 4.69) is 32.1 Å². The average Bonchev–Trinajstić information content (AvgIpc) is 2.04. The molecule has 0 saturated heterocycles. The Morgan fingerprint density at radius 3 is 2.58 bits per heavy atom. The molecule has 2 atom stereocenters. The summed E-state index contributed by atoms with van der Waals surface area (Å²) in [4.78, 5) is 0. The second-order valence-electron chi connectivity index (χ2n) is 3.86. The fourth-order valence-electron chi connectivity index (χ4n) is 1.84. The molecule has 1 aliphatic carbocycles. The van der Waals surface area contributed by atoms with Gasteiger partial charge in [-0.2, -0.15) is 0 Å². The van der Waals surface area contributed by atoms with Gasteiger partial charge in [0.25, 0.3) is 0 Å². The average molecular weight is 189 g/mol. The predicted octanol–water partition coefficient (Wildman–Crippen LogP) is 2.16. The molecule has 1 fully saturated rings. The lowest BCUT2D eigenvalue weighted by atomic mass is 9.92. The van der Waals surface area contributed by atoms with E-state index in [4.69, 9.17) is 4.18 Å². The first kappa shape index (κ1) is 10.4. The quantitative estimate of drug-likeness (QED) is 0.524. The van der Waals surface area contributed by atoms with Crippen molar-refractivity contribution in [3.05, 3.63) is 0 Å². The molecule has 0 aromatic rings. The molecule has 0 aliphatic heterocycles. The lowest BCUT2D eigenvalue weighted by molar-refractivity contribution is 0.135. The van der Waals surface area contributed by atoms with Crippen LogP contribution in [0.4, 0.5) is 0 Å². The summed E-state index contributed by atoms with van der Waals surface area (Å²) in [5.41, 5.74) is 0. The first-order chi connectivity index (χ1) is 5.74. The van der Waals surface area contributed by atoms with Gasteiger partial charge in [0.2, 0.25) is 0 Å². The van der Waals surface area contributed by atoms with Crippen LogP contribution in [-0.4, -0.2) is 18.2 Å². The van der Waals surface area contributed by atoms with Crippen molar-refractivity contribution in [1.82, 2.24) is 5.32 Å². The Kier molecular flexibility index (Phi) is 4.40.